The lowest BCUT2D eigenvalue weighted by molar-refractivity contribution is -0.143. The van der Waals surface area contributed by atoms with Gasteiger partial charge in [-0.05, 0) is 30.2 Å². The van der Waals surface area contributed by atoms with Gasteiger partial charge in [0.2, 0.25) is 0 Å². The number of Topliss-reactive ketones (excluding diaryl/α,β-unsaturated/α-hetero) is 1. The molecule has 39 heavy (non-hydrogen) atoms. The fourth-order valence-corrected chi connectivity index (χ4v) is 4.72. The zero-order chi connectivity index (χ0) is 28.2. The van der Waals surface area contributed by atoms with E-state index in [1.807, 2.05) is 41.3 Å². The topological polar surface area (TPSA) is 40.6 Å². The highest BCUT2D eigenvalue weighted by Gasteiger charge is 2.39. The molecule has 0 radical (unpaired) electrons. The van der Waals surface area contributed by atoms with Crippen LogP contribution in [0.1, 0.15) is 43.8 Å². The van der Waals surface area contributed by atoms with Gasteiger partial charge in [0.25, 0.3) is 5.91 Å². The van der Waals surface area contributed by atoms with Crippen molar-refractivity contribution < 1.29 is 35.9 Å². The van der Waals surface area contributed by atoms with Crippen LogP contribution in [0.3, 0.4) is 0 Å². The van der Waals surface area contributed by atoms with Gasteiger partial charge in [0.15, 0.2) is 5.78 Å². The quantitative estimate of drug-likeness (QED) is 0.255. The lowest BCUT2D eigenvalue weighted by Gasteiger charge is -2.42. The highest BCUT2D eigenvalue weighted by atomic mass is 19.4. The van der Waals surface area contributed by atoms with E-state index in [0.717, 1.165) is 5.56 Å². The van der Waals surface area contributed by atoms with Crippen LogP contribution in [0, 0.1) is 0 Å². The van der Waals surface area contributed by atoms with Gasteiger partial charge in [-0.2, -0.15) is 26.3 Å². The Bertz CT molecular complexity index is 1260. The van der Waals surface area contributed by atoms with Crippen molar-refractivity contribution in [1.29, 1.82) is 0 Å². The van der Waals surface area contributed by atoms with Gasteiger partial charge in [-0.25, -0.2) is 0 Å². The number of benzene rings is 3. The molecule has 1 amide bonds. The molecule has 0 aliphatic carbocycles. The molecule has 0 saturated carbocycles. The maximum Gasteiger partial charge on any atom is 0.416 e. The van der Waals surface area contributed by atoms with Gasteiger partial charge < -0.3 is 4.90 Å². The summed E-state index contributed by atoms with van der Waals surface area (Å²) in [6.07, 6.45) is -9.52. The highest BCUT2D eigenvalue weighted by Crippen LogP contribution is 2.37. The molecule has 0 aromatic heterocycles. The van der Waals surface area contributed by atoms with E-state index in [9.17, 15) is 35.9 Å². The molecule has 1 heterocycles. The van der Waals surface area contributed by atoms with Gasteiger partial charge in [-0.1, -0.05) is 60.7 Å². The Morgan fingerprint density at radius 3 is 1.87 bits per heavy atom. The van der Waals surface area contributed by atoms with E-state index in [2.05, 4.69) is 0 Å². The number of hydrogen-bond acceptors (Lipinski definition) is 3. The van der Waals surface area contributed by atoms with Crippen LogP contribution < -0.4 is 0 Å². The molecule has 1 aliphatic heterocycles. The maximum atomic E-state index is 13.4. The third kappa shape index (κ3) is 7.26. The fourth-order valence-electron chi connectivity index (χ4n) is 4.72. The molecule has 0 unspecified atom stereocenters. The maximum absolute atomic E-state index is 13.4. The normalized spacial score (nSPS) is 16.8. The molecule has 206 valence electrons. The van der Waals surface area contributed by atoms with Crippen LogP contribution in [-0.2, 0) is 18.8 Å². The number of amides is 1. The van der Waals surface area contributed by atoms with Crippen molar-refractivity contribution in [3.8, 4) is 0 Å². The summed E-state index contributed by atoms with van der Waals surface area (Å²) < 4.78 is 80.4. The Morgan fingerprint density at radius 1 is 0.744 bits per heavy atom. The summed E-state index contributed by atoms with van der Waals surface area (Å²) >= 11 is 0. The first-order chi connectivity index (χ1) is 18.4. The highest BCUT2D eigenvalue weighted by molar-refractivity contribution is 5.96. The van der Waals surface area contributed by atoms with Crippen molar-refractivity contribution in [3.63, 3.8) is 0 Å². The zero-order valence-electron chi connectivity index (χ0n) is 20.8. The Hall–Kier alpha value is -3.66. The molecule has 4 rings (SSSR count). The second-order valence-corrected chi connectivity index (χ2v) is 9.48. The van der Waals surface area contributed by atoms with Crippen LogP contribution >= 0.6 is 0 Å². The molecule has 0 N–H and O–H groups in total. The number of carbonyl (C=O) groups is 2. The summed E-state index contributed by atoms with van der Waals surface area (Å²) in [6.45, 7) is 1.13. The van der Waals surface area contributed by atoms with Gasteiger partial charge >= 0.3 is 12.4 Å². The van der Waals surface area contributed by atoms with Crippen molar-refractivity contribution >= 4 is 11.7 Å². The first kappa shape index (κ1) is 28.4. The molecule has 3 aromatic carbocycles. The van der Waals surface area contributed by atoms with E-state index in [-0.39, 0.29) is 24.8 Å². The summed E-state index contributed by atoms with van der Waals surface area (Å²) in [4.78, 5) is 29.3. The van der Waals surface area contributed by atoms with E-state index in [1.165, 1.54) is 4.90 Å². The van der Waals surface area contributed by atoms with Gasteiger partial charge in [0.05, 0.1) is 11.1 Å². The van der Waals surface area contributed by atoms with Crippen LogP contribution in [0.4, 0.5) is 26.3 Å². The summed E-state index contributed by atoms with van der Waals surface area (Å²) in [5.41, 5.74) is -2.28. The lowest BCUT2D eigenvalue weighted by Crippen LogP contribution is -2.56. The standard InChI is InChI=1S/C29H26F6N2O2/c30-28(31,32)23-16-22(17-24(18-23)29(33,34)35)27(39)37-14-13-36(12-11-26(38)21-9-5-2-6-10-21)19-25(37)15-20-7-3-1-4-8-20/h1-10,16-18,25H,11-15,19H2/t25-/m1/s1. The van der Waals surface area contributed by atoms with Crippen LogP contribution in [0.2, 0.25) is 0 Å². The van der Waals surface area contributed by atoms with Gasteiger partial charge in [-0.15, -0.1) is 0 Å². The number of carbonyl (C=O) groups excluding carboxylic acids is 2. The van der Waals surface area contributed by atoms with Crippen LogP contribution in [0.15, 0.2) is 78.9 Å². The second-order valence-electron chi connectivity index (χ2n) is 9.48. The number of ketones is 1. The zero-order valence-corrected chi connectivity index (χ0v) is 20.8. The summed E-state index contributed by atoms with van der Waals surface area (Å²) in [5.74, 6) is -0.940. The molecule has 1 fully saturated rings. The predicted octanol–water partition coefficient (Wildman–Crippen LogP) is 6.37. The van der Waals surface area contributed by atoms with Crippen molar-refractivity contribution in [2.24, 2.45) is 0 Å². The number of nitrogens with zero attached hydrogens (tertiary/aromatic N) is 2. The van der Waals surface area contributed by atoms with Gasteiger partial charge in [0.1, 0.15) is 0 Å². The van der Waals surface area contributed by atoms with E-state index in [4.69, 9.17) is 0 Å². The number of halogens is 6. The Labute approximate surface area is 221 Å². The largest absolute Gasteiger partial charge is 0.416 e. The van der Waals surface area contributed by atoms with Crippen molar-refractivity contribution in [1.82, 2.24) is 9.80 Å². The summed E-state index contributed by atoms with van der Waals surface area (Å²) in [6, 6.07) is 18.3. The third-order valence-corrected chi connectivity index (χ3v) is 6.73. The molecule has 1 saturated heterocycles. The van der Waals surface area contributed by atoms with Crippen molar-refractivity contribution in [2.45, 2.75) is 31.2 Å². The number of piperazine rings is 1. The molecular formula is C29H26F6N2O2. The van der Waals surface area contributed by atoms with Crippen LogP contribution in [0.25, 0.3) is 0 Å². The Morgan fingerprint density at radius 2 is 1.31 bits per heavy atom. The Kier molecular flexibility index (Phi) is 8.44. The minimum Gasteiger partial charge on any atom is -0.333 e. The predicted molar refractivity (Wildman–Crippen MR) is 133 cm³/mol. The smallest absolute Gasteiger partial charge is 0.333 e. The lowest BCUT2D eigenvalue weighted by atomic mass is 9.98. The molecule has 4 nitrogen and oxygen atoms in total. The van der Waals surface area contributed by atoms with Gasteiger partial charge in [-0.3, -0.25) is 14.5 Å². The van der Waals surface area contributed by atoms with E-state index < -0.39 is 41.0 Å². The minimum atomic E-state index is -5.05. The molecule has 1 aliphatic rings. The number of alkyl halides is 6. The molecule has 0 bridgehead atoms. The van der Waals surface area contributed by atoms with Gasteiger partial charge in [0, 0.05) is 49.8 Å². The minimum absolute atomic E-state index is 0.0138. The molecule has 10 heteroatoms. The first-order valence-electron chi connectivity index (χ1n) is 12.4. The van der Waals surface area contributed by atoms with Crippen LogP contribution in [-0.4, -0.2) is 53.7 Å². The van der Waals surface area contributed by atoms with Crippen molar-refractivity contribution in [2.75, 3.05) is 26.2 Å². The van der Waals surface area contributed by atoms with Crippen LogP contribution in [0.5, 0.6) is 0 Å². The molecular weight excluding hydrogens is 522 g/mol. The van der Waals surface area contributed by atoms with E-state index in [1.54, 1.807) is 24.3 Å². The van der Waals surface area contributed by atoms with Crippen molar-refractivity contribution in [3.05, 3.63) is 107 Å². The molecule has 3 aromatic rings. The summed E-state index contributed by atoms with van der Waals surface area (Å²) in [5, 5.41) is 0. The first-order valence-corrected chi connectivity index (χ1v) is 12.4. The third-order valence-electron chi connectivity index (χ3n) is 6.73. The SMILES string of the molecule is O=C(CCN1CCN(C(=O)c2cc(C(F)(F)F)cc(C(F)(F)F)c2)[C@H](Cc2ccccc2)C1)c1ccccc1. The Balaban J connectivity index is 1.57. The number of rotatable bonds is 7. The summed E-state index contributed by atoms with van der Waals surface area (Å²) in [7, 11) is 0. The fraction of sp³-hybridized carbons (Fsp3) is 0.310. The molecule has 1 atom stereocenters. The van der Waals surface area contributed by atoms with E-state index in [0.29, 0.717) is 43.8 Å². The monoisotopic (exact) mass is 548 g/mol. The second kappa shape index (κ2) is 11.6. The average Bonchev–Trinajstić information content (AvgIpc) is 2.91. The number of hydrogen-bond donors (Lipinski definition) is 0. The average molecular weight is 549 g/mol. The molecule has 0 spiro atoms. The van der Waals surface area contributed by atoms with E-state index >= 15 is 0 Å².